The van der Waals surface area contributed by atoms with Crippen molar-refractivity contribution in [3.8, 4) is 5.75 Å². The summed E-state index contributed by atoms with van der Waals surface area (Å²) in [5.74, 6) is 3.87. The summed E-state index contributed by atoms with van der Waals surface area (Å²) in [5, 5.41) is 28.7. The number of hydroxylamine groups is 4. The van der Waals surface area contributed by atoms with E-state index in [0.29, 0.717) is 58.5 Å². The van der Waals surface area contributed by atoms with E-state index in [0.717, 1.165) is 53.0 Å². The largest absolute Gasteiger partial charge is 0.495 e. The van der Waals surface area contributed by atoms with E-state index < -0.39 is 38.5 Å². The number of halogens is 4. The van der Waals surface area contributed by atoms with E-state index >= 15 is 0 Å². The molecule has 9 fully saturated rings. The topological polar surface area (TPSA) is 165 Å². The Balaban J connectivity index is 0.000000180. The average molecular weight is 1310 g/mol. The number of hydrogen-bond acceptors (Lipinski definition) is 12. The van der Waals surface area contributed by atoms with Crippen LogP contribution in [0, 0.1) is 72.2 Å². The van der Waals surface area contributed by atoms with Crippen LogP contribution in [0.25, 0.3) is 0 Å². The number of esters is 1. The fraction of sp³-hybridized carbons (Fsp3) is 0.750. The van der Waals surface area contributed by atoms with Crippen LogP contribution in [0.15, 0.2) is 24.3 Å². The molecule has 13 nitrogen and oxygen atoms in total. The number of aliphatic hydroxyl groups is 2. The van der Waals surface area contributed by atoms with Crippen LogP contribution in [0.2, 0.25) is 28.2 Å². The number of fused-ring (bicyclic) bond motifs is 5. The highest BCUT2D eigenvalue weighted by Crippen LogP contribution is 2.62. The van der Waals surface area contributed by atoms with Gasteiger partial charge in [-0.3, -0.25) is 19.3 Å². The van der Waals surface area contributed by atoms with Crippen molar-refractivity contribution in [1.29, 1.82) is 0 Å². The Bertz CT molecular complexity index is 2360. The van der Waals surface area contributed by atoms with E-state index in [-0.39, 0.29) is 54.2 Å². The first-order valence-electron chi connectivity index (χ1n) is 26.9. The second-order valence-corrected chi connectivity index (χ2v) is 33.3. The van der Waals surface area contributed by atoms with Crippen molar-refractivity contribution in [3.63, 3.8) is 0 Å². The molecule has 74 heavy (non-hydrogen) atoms. The van der Waals surface area contributed by atoms with E-state index in [1.165, 1.54) is 19.3 Å². The van der Waals surface area contributed by atoms with Crippen LogP contribution in [-0.2, 0) is 41.5 Å². The molecule has 9 aliphatic rings. The number of nitrogens with two attached hydrogens (primary N) is 1. The van der Waals surface area contributed by atoms with E-state index in [2.05, 4.69) is 126 Å². The third kappa shape index (κ3) is 11.8. The van der Waals surface area contributed by atoms with Gasteiger partial charge < -0.3 is 35.2 Å². The maximum absolute atomic E-state index is 13.7. The SMILES string of the molecule is COc1c(CN2O[C@@H](CO)[C@@H]([C@H](C)O)[C@H]2C(=O)N[C@H]2C[C@H]3C[C@@H]([C@@H]2C)C3(C)C)ccc(Cl)c1I.C[C@@H]1[C@@H](N)C[C@H]2C[C@@H]1C2(C)C.Cc1c(CN2O[C@@H](CO[Si](C)(C)C(C)(C)C)[C@H]3[C@H](C)OC(=O)[C@H]32)ccc(Cl)c1I. The predicted molar refractivity (Wildman–Crippen MR) is 311 cm³/mol. The molecule has 0 aromatic heterocycles. The number of nitrogens with one attached hydrogen (secondary N) is 1. The smallest absolute Gasteiger partial charge is 0.326 e. The van der Waals surface area contributed by atoms with Crippen LogP contribution >= 0.6 is 68.4 Å². The second kappa shape index (κ2) is 23.3. The summed E-state index contributed by atoms with van der Waals surface area (Å²) in [6, 6.07) is 6.99. The molecule has 0 spiro atoms. The number of cyclic esters (lactones) is 1. The molecule has 6 aliphatic carbocycles. The quantitative estimate of drug-likeness (QED) is 0.0904. The number of benzene rings is 2. The Morgan fingerprint density at radius 1 is 0.905 bits per heavy atom. The van der Waals surface area contributed by atoms with Gasteiger partial charge in [0.05, 0.1) is 59.1 Å². The Hall–Kier alpha value is -0.883. The monoisotopic (exact) mass is 1310 g/mol. The van der Waals surface area contributed by atoms with Crippen molar-refractivity contribution in [2.75, 3.05) is 20.3 Å². The van der Waals surface area contributed by atoms with Crippen LogP contribution in [0.5, 0.6) is 5.75 Å². The van der Waals surface area contributed by atoms with Crippen LogP contribution < -0.4 is 15.8 Å². The lowest BCUT2D eigenvalue weighted by Crippen LogP contribution is -2.62. The van der Waals surface area contributed by atoms with Gasteiger partial charge in [-0.15, -0.1) is 0 Å². The third-order valence-electron chi connectivity index (χ3n) is 19.8. The van der Waals surface area contributed by atoms with E-state index in [9.17, 15) is 19.8 Å². The molecule has 16 atom stereocenters. The molecule has 4 bridgehead atoms. The van der Waals surface area contributed by atoms with E-state index in [4.69, 9.17) is 52.5 Å². The zero-order valence-electron chi connectivity index (χ0n) is 46.4. The Labute approximate surface area is 480 Å². The van der Waals surface area contributed by atoms with E-state index in [1.54, 1.807) is 30.2 Å². The summed E-state index contributed by atoms with van der Waals surface area (Å²) in [7, 11) is -0.332. The summed E-state index contributed by atoms with van der Waals surface area (Å²) < 4.78 is 19.4. The maximum atomic E-state index is 13.7. The normalized spacial score (nSPS) is 35.2. The Kier molecular flexibility index (Phi) is 19.1. The molecule has 3 aliphatic heterocycles. The number of amides is 1. The van der Waals surface area contributed by atoms with Crippen LogP contribution in [-0.4, -0.2) is 109 Å². The lowest BCUT2D eigenvalue weighted by molar-refractivity contribution is -0.195. The number of nitrogens with zero attached hydrogens (tertiary/aromatic N) is 2. The number of ether oxygens (including phenoxy) is 2. The Morgan fingerprint density at radius 2 is 1.46 bits per heavy atom. The molecule has 0 radical (unpaired) electrons. The lowest BCUT2D eigenvalue weighted by Gasteiger charge is -2.62. The first-order valence-corrected chi connectivity index (χ1v) is 32.7. The van der Waals surface area contributed by atoms with Crippen LogP contribution in [0.1, 0.15) is 119 Å². The fourth-order valence-electron chi connectivity index (χ4n) is 13.4. The van der Waals surface area contributed by atoms with Crippen LogP contribution in [0.3, 0.4) is 0 Å². The first-order chi connectivity index (χ1) is 34.4. The van der Waals surface area contributed by atoms with Gasteiger partial charge in [0.15, 0.2) is 8.32 Å². The third-order valence-corrected chi connectivity index (χ3v) is 28.0. The molecule has 3 heterocycles. The summed E-state index contributed by atoms with van der Waals surface area (Å²) in [6.45, 7) is 31.8. The second-order valence-electron chi connectivity index (χ2n) is 25.5. The van der Waals surface area contributed by atoms with Gasteiger partial charge in [0.1, 0.15) is 36.1 Å². The standard InChI is InChI=1S/C25H36ClIN2O5.C21H31ClINO4Si.C10H19N/c1-12-16-8-15(25(16,3)4)9-18(12)28-24(32)22-20(13(2)31)19(11-30)34-29(22)10-14-6-7-17(26)21(27)23(14)33-5;1-12-14(8-9-15(22)18(12)23)10-24-19-17(13(2)27-20(19)25)16(28-24)11-26-29(6,7)21(3,4)5;1-6-8-4-7(5-9(6)11)10(8,2)3/h6-7,12-13,15-16,18-20,22,30-31H,8-11H2,1-5H3,(H,28,32);8-9,13,16-17,19H,10-11H2,1-7H3;6-9H,4-5,11H2,1-3H3/t12-,13-,15+,16-,18-,19-,20+,22-;13-,16-,17+,19-;6-,7+,8-,9-/m000/s1. The molecule has 0 unspecified atom stereocenters. The van der Waals surface area contributed by atoms with Crippen molar-refractivity contribution in [2.45, 2.75) is 189 Å². The van der Waals surface area contributed by atoms with Gasteiger partial charge in [-0.25, -0.2) is 0 Å². The molecular weight excluding hydrogens is 1230 g/mol. The molecule has 416 valence electrons. The molecule has 2 aromatic carbocycles. The molecular formula is C56H86Cl2I2N4O9Si. The molecule has 5 N–H and O–H groups in total. The van der Waals surface area contributed by atoms with Gasteiger partial charge in [0.25, 0.3) is 0 Å². The summed E-state index contributed by atoms with van der Waals surface area (Å²) in [5.41, 5.74) is 9.97. The Morgan fingerprint density at radius 3 is 1.99 bits per heavy atom. The van der Waals surface area contributed by atoms with Gasteiger partial charge >= 0.3 is 5.97 Å². The number of carbonyl (C=O) groups is 2. The van der Waals surface area contributed by atoms with Crippen molar-refractivity contribution in [2.24, 2.45) is 63.9 Å². The maximum Gasteiger partial charge on any atom is 0.326 e. The fourth-order valence-corrected chi connectivity index (χ4v) is 16.1. The molecule has 6 saturated carbocycles. The summed E-state index contributed by atoms with van der Waals surface area (Å²) in [6.07, 6.45) is 3.03. The summed E-state index contributed by atoms with van der Waals surface area (Å²) >= 11 is 16.9. The first kappa shape index (κ1) is 60.8. The number of carbonyl (C=O) groups excluding carboxylic acids is 2. The minimum atomic E-state index is -1.91. The molecule has 3 saturated heterocycles. The van der Waals surface area contributed by atoms with Gasteiger partial charge in [-0.1, -0.05) is 97.6 Å². The lowest BCUT2D eigenvalue weighted by atomic mass is 9.45. The van der Waals surface area contributed by atoms with E-state index in [1.807, 2.05) is 32.0 Å². The van der Waals surface area contributed by atoms with Gasteiger partial charge in [-0.05, 0) is 179 Å². The molecule has 2 aromatic rings. The van der Waals surface area contributed by atoms with Gasteiger partial charge in [-0.2, -0.15) is 10.1 Å². The van der Waals surface area contributed by atoms with Crippen molar-refractivity contribution >= 4 is 88.6 Å². The number of aliphatic hydroxyl groups excluding tert-OH is 2. The minimum absolute atomic E-state index is 0.0288. The minimum Gasteiger partial charge on any atom is -0.495 e. The predicted octanol–water partition coefficient (Wildman–Crippen LogP) is 11.0. The van der Waals surface area contributed by atoms with Crippen molar-refractivity contribution in [1.82, 2.24) is 15.4 Å². The average Bonchev–Trinajstić information content (AvgIpc) is 3.99. The number of rotatable bonds is 12. The molecule has 1 amide bonds. The van der Waals surface area contributed by atoms with Crippen molar-refractivity contribution in [3.05, 3.63) is 58.1 Å². The molecule has 18 heteroatoms. The highest BCUT2D eigenvalue weighted by Gasteiger charge is 2.59. The van der Waals surface area contributed by atoms with Gasteiger partial charge in [0.2, 0.25) is 5.91 Å². The van der Waals surface area contributed by atoms with Crippen LogP contribution in [0.4, 0.5) is 0 Å². The molecule has 11 rings (SSSR count). The summed E-state index contributed by atoms with van der Waals surface area (Å²) in [4.78, 5) is 38.6. The highest BCUT2D eigenvalue weighted by molar-refractivity contribution is 14.1. The van der Waals surface area contributed by atoms with Crippen molar-refractivity contribution < 1.29 is 43.4 Å². The van der Waals surface area contributed by atoms with Gasteiger partial charge in [0, 0.05) is 27.1 Å². The number of methoxy groups -OCH3 is 1. The zero-order valence-corrected chi connectivity index (χ0v) is 53.3. The zero-order chi connectivity index (χ0) is 54.9. The highest BCUT2D eigenvalue weighted by atomic mass is 127. The number of hydrogen-bond donors (Lipinski definition) is 4.